The predicted octanol–water partition coefficient (Wildman–Crippen LogP) is 5.50. The van der Waals surface area contributed by atoms with Crippen LogP contribution in [0.5, 0.6) is 0 Å². The van der Waals surface area contributed by atoms with E-state index in [0.29, 0.717) is 17.4 Å². The van der Waals surface area contributed by atoms with Crippen LogP contribution in [0.1, 0.15) is 66.7 Å². The SMILES string of the molecule is C=C(C=C(C)c1nnc(C(C)Cc2ccccc2)o1)C(=O)N1CCCC1c1nc(C)cs1. The third-order valence-corrected chi connectivity index (χ3v) is 6.75. The number of carbonyl (C=O) groups is 1. The van der Waals surface area contributed by atoms with Gasteiger partial charge in [0.15, 0.2) is 0 Å². The smallest absolute Gasteiger partial charge is 0.253 e. The lowest BCUT2D eigenvalue weighted by atomic mass is 10.0. The van der Waals surface area contributed by atoms with Gasteiger partial charge in [-0.1, -0.05) is 43.8 Å². The van der Waals surface area contributed by atoms with Crippen LogP contribution in [0, 0.1) is 6.92 Å². The molecule has 6 nitrogen and oxygen atoms in total. The van der Waals surface area contributed by atoms with E-state index in [4.69, 9.17) is 4.42 Å². The van der Waals surface area contributed by atoms with E-state index in [0.717, 1.165) is 42.1 Å². The van der Waals surface area contributed by atoms with E-state index in [1.54, 1.807) is 17.4 Å². The number of rotatable bonds is 7. The molecule has 1 fully saturated rings. The summed E-state index contributed by atoms with van der Waals surface area (Å²) in [7, 11) is 0. The van der Waals surface area contributed by atoms with Crippen molar-refractivity contribution in [3.05, 3.63) is 82.0 Å². The minimum Gasteiger partial charge on any atom is -0.421 e. The summed E-state index contributed by atoms with van der Waals surface area (Å²) in [6, 6.07) is 10.3. The number of allylic oxidation sites excluding steroid dienone is 1. The van der Waals surface area contributed by atoms with E-state index < -0.39 is 0 Å². The predicted molar refractivity (Wildman–Crippen MR) is 126 cm³/mol. The maximum absolute atomic E-state index is 13.1. The topological polar surface area (TPSA) is 72.1 Å². The van der Waals surface area contributed by atoms with Gasteiger partial charge in [-0.05, 0) is 44.7 Å². The first-order valence-electron chi connectivity index (χ1n) is 10.9. The van der Waals surface area contributed by atoms with Crippen molar-refractivity contribution in [1.29, 1.82) is 0 Å². The minimum absolute atomic E-state index is 0.0282. The van der Waals surface area contributed by atoms with Gasteiger partial charge in [-0.25, -0.2) is 4.98 Å². The van der Waals surface area contributed by atoms with E-state index in [1.807, 2.05) is 42.3 Å². The summed E-state index contributed by atoms with van der Waals surface area (Å²) in [5.74, 6) is 1.04. The first-order valence-corrected chi connectivity index (χ1v) is 11.8. The Morgan fingerprint density at radius 1 is 1.34 bits per heavy atom. The van der Waals surface area contributed by atoms with Gasteiger partial charge in [-0.2, -0.15) is 0 Å². The van der Waals surface area contributed by atoms with Gasteiger partial charge in [0.1, 0.15) is 5.01 Å². The molecule has 1 aromatic carbocycles. The quantitative estimate of drug-likeness (QED) is 0.352. The summed E-state index contributed by atoms with van der Waals surface area (Å²) in [5.41, 5.74) is 3.36. The molecule has 1 amide bonds. The molecular weight excluding hydrogens is 420 g/mol. The monoisotopic (exact) mass is 448 g/mol. The van der Waals surface area contributed by atoms with Crippen molar-refractivity contribution < 1.29 is 9.21 Å². The molecule has 0 bridgehead atoms. The van der Waals surface area contributed by atoms with E-state index in [2.05, 4.69) is 40.8 Å². The van der Waals surface area contributed by atoms with Crippen molar-refractivity contribution in [2.75, 3.05) is 6.54 Å². The Bertz CT molecular complexity index is 1130. The molecule has 166 valence electrons. The number of benzene rings is 1. The number of nitrogens with zero attached hydrogens (tertiary/aromatic N) is 4. The van der Waals surface area contributed by atoms with Crippen molar-refractivity contribution in [2.24, 2.45) is 0 Å². The molecule has 4 rings (SSSR count). The van der Waals surface area contributed by atoms with Crippen LogP contribution in [0.15, 0.2) is 58.4 Å². The Hall–Kier alpha value is -3.06. The van der Waals surface area contributed by atoms with Gasteiger partial charge in [0, 0.05) is 34.7 Å². The Morgan fingerprint density at radius 3 is 2.84 bits per heavy atom. The highest BCUT2D eigenvalue weighted by atomic mass is 32.1. The molecule has 0 radical (unpaired) electrons. The average molecular weight is 449 g/mol. The third kappa shape index (κ3) is 4.88. The fraction of sp³-hybridized carbons (Fsp3) is 0.360. The lowest BCUT2D eigenvalue weighted by Gasteiger charge is -2.23. The van der Waals surface area contributed by atoms with E-state index >= 15 is 0 Å². The number of aryl methyl sites for hydroxylation is 1. The second-order valence-electron chi connectivity index (χ2n) is 8.37. The van der Waals surface area contributed by atoms with Gasteiger partial charge < -0.3 is 9.32 Å². The molecule has 1 aliphatic rings. The molecule has 1 aliphatic heterocycles. The number of amides is 1. The van der Waals surface area contributed by atoms with Crippen LogP contribution in [0.4, 0.5) is 0 Å². The first-order chi connectivity index (χ1) is 15.4. The Morgan fingerprint density at radius 2 is 2.12 bits per heavy atom. The highest BCUT2D eigenvalue weighted by molar-refractivity contribution is 7.09. The molecule has 2 unspecified atom stereocenters. The summed E-state index contributed by atoms with van der Waals surface area (Å²) in [4.78, 5) is 19.6. The molecule has 0 saturated carbocycles. The van der Waals surface area contributed by atoms with Crippen molar-refractivity contribution >= 4 is 22.8 Å². The molecule has 2 atom stereocenters. The number of likely N-dealkylation sites (tertiary alicyclic amines) is 1. The number of thiazole rings is 1. The normalized spacial score (nSPS) is 17.5. The van der Waals surface area contributed by atoms with Crippen LogP contribution in [0.3, 0.4) is 0 Å². The molecule has 7 heteroatoms. The van der Waals surface area contributed by atoms with Gasteiger partial charge >= 0.3 is 0 Å². The van der Waals surface area contributed by atoms with E-state index in [-0.39, 0.29) is 17.9 Å². The van der Waals surface area contributed by atoms with Gasteiger partial charge in [-0.15, -0.1) is 21.5 Å². The van der Waals surface area contributed by atoms with Crippen LogP contribution >= 0.6 is 11.3 Å². The summed E-state index contributed by atoms with van der Waals surface area (Å²) >= 11 is 1.61. The molecule has 1 saturated heterocycles. The van der Waals surface area contributed by atoms with Crippen LogP contribution in [-0.2, 0) is 11.2 Å². The molecule has 32 heavy (non-hydrogen) atoms. The second kappa shape index (κ2) is 9.61. The summed E-state index contributed by atoms with van der Waals surface area (Å²) < 4.78 is 5.91. The molecular formula is C25H28N4O2S. The van der Waals surface area contributed by atoms with E-state index in [1.165, 1.54) is 5.56 Å². The van der Waals surface area contributed by atoms with Crippen molar-refractivity contribution in [2.45, 2.75) is 52.0 Å². The fourth-order valence-corrected chi connectivity index (χ4v) is 4.95. The van der Waals surface area contributed by atoms with Crippen molar-refractivity contribution in [3.8, 4) is 0 Å². The van der Waals surface area contributed by atoms with Crippen LogP contribution in [0.2, 0.25) is 0 Å². The highest BCUT2D eigenvalue weighted by Gasteiger charge is 2.32. The number of carbonyl (C=O) groups excluding carboxylic acids is 1. The van der Waals surface area contributed by atoms with Gasteiger partial charge in [-0.3, -0.25) is 4.79 Å². The summed E-state index contributed by atoms with van der Waals surface area (Å²) in [5, 5.41) is 11.4. The second-order valence-corrected chi connectivity index (χ2v) is 9.26. The number of hydrogen-bond donors (Lipinski definition) is 0. The Labute approximate surface area is 192 Å². The van der Waals surface area contributed by atoms with Crippen molar-refractivity contribution in [3.63, 3.8) is 0 Å². The standard InChI is InChI=1S/C25H28N4O2S/c1-16(22-27-28-23(31-22)17(2)14-20-9-6-5-7-10-20)13-18(3)25(30)29-12-8-11-21(29)24-26-19(4)15-32-24/h5-7,9-10,13,15,17,21H,3,8,11-12,14H2,1-2,4H3. The third-order valence-electron chi connectivity index (χ3n) is 5.69. The van der Waals surface area contributed by atoms with Crippen LogP contribution < -0.4 is 0 Å². The maximum Gasteiger partial charge on any atom is 0.253 e. The molecule has 3 heterocycles. The Kier molecular flexibility index (Phi) is 6.65. The average Bonchev–Trinajstić information content (AvgIpc) is 3.54. The maximum atomic E-state index is 13.1. The lowest BCUT2D eigenvalue weighted by Crippen LogP contribution is -2.31. The zero-order valence-corrected chi connectivity index (χ0v) is 19.6. The first kappa shape index (κ1) is 22.1. The molecule has 2 aromatic heterocycles. The van der Waals surface area contributed by atoms with Crippen LogP contribution in [-0.4, -0.2) is 32.5 Å². The lowest BCUT2D eigenvalue weighted by molar-refractivity contribution is -0.127. The largest absolute Gasteiger partial charge is 0.421 e. The van der Waals surface area contributed by atoms with Gasteiger partial charge in [0.05, 0.1) is 6.04 Å². The number of hydrogen-bond acceptors (Lipinski definition) is 6. The minimum atomic E-state index is -0.0723. The summed E-state index contributed by atoms with van der Waals surface area (Å²) in [6.07, 6.45) is 4.46. The fourth-order valence-electron chi connectivity index (χ4n) is 4.01. The summed E-state index contributed by atoms with van der Waals surface area (Å²) in [6.45, 7) is 10.7. The molecule has 0 N–H and O–H groups in total. The van der Waals surface area contributed by atoms with Crippen LogP contribution in [0.25, 0.3) is 5.57 Å². The highest BCUT2D eigenvalue weighted by Crippen LogP contribution is 2.35. The van der Waals surface area contributed by atoms with E-state index in [9.17, 15) is 4.79 Å². The molecule has 0 aliphatic carbocycles. The Balaban J connectivity index is 1.43. The zero-order valence-electron chi connectivity index (χ0n) is 18.7. The number of aromatic nitrogens is 3. The zero-order chi connectivity index (χ0) is 22.7. The molecule has 0 spiro atoms. The van der Waals surface area contributed by atoms with Crippen molar-refractivity contribution in [1.82, 2.24) is 20.1 Å². The van der Waals surface area contributed by atoms with Gasteiger partial charge in [0.25, 0.3) is 5.91 Å². The van der Waals surface area contributed by atoms with Gasteiger partial charge in [0.2, 0.25) is 11.8 Å². The molecule has 3 aromatic rings.